The lowest BCUT2D eigenvalue weighted by Crippen LogP contribution is -2.23. The highest BCUT2D eigenvalue weighted by molar-refractivity contribution is 7.14. The summed E-state index contributed by atoms with van der Waals surface area (Å²) >= 11 is 1.15. The summed E-state index contributed by atoms with van der Waals surface area (Å²) in [4.78, 5) is 33.7. The number of nitrogens with one attached hydrogen (secondary N) is 1. The minimum absolute atomic E-state index is 0.101. The molecule has 0 radical (unpaired) electrons. The van der Waals surface area contributed by atoms with Crippen LogP contribution in [0.3, 0.4) is 0 Å². The van der Waals surface area contributed by atoms with Crippen LogP contribution < -0.4 is 10.2 Å². The molecule has 0 aliphatic heterocycles. The van der Waals surface area contributed by atoms with Gasteiger partial charge >= 0.3 is 0 Å². The number of benzene rings is 2. The standard InChI is InChI=1S/C24H19F2N5O2S/c1-16(32)31(22-5-3-2-4-19(22)25)24-29-18(14-34-24)7-9-23(33)28-13-17-6-8-21(20(26)12-17)30-11-10-27-15-30/h2-12,14-15H,13H2,1H3,(H,28,33)/b9-7+. The fourth-order valence-electron chi connectivity index (χ4n) is 3.18. The quantitative estimate of drug-likeness (QED) is 0.392. The van der Waals surface area contributed by atoms with E-state index in [1.807, 2.05) is 0 Å². The minimum atomic E-state index is -0.543. The molecule has 0 spiro atoms. The van der Waals surface area contributed by atoms with Gasteiger partial charge in [-0.05, 0) is 35.9 Å². The Balaban J connectivity index is 1.39. The van der Waals surface area contributed by atoms with E-state index in [9.17, 15) is 18.4 Å². The van der Waals surface area contributed by atoms with Gasteiger partial charge in [-0.2, -0.15) is 0 Å². The second-order valence-corrected chi connectivity index (χ2v) is 8.00. The number of anilines is 2. The first-order valence-electron chi connectivity index (χ1n) is 10.2. The smallest absolute Gasteiger partial charge is 0.244 e. The molecule has 4 rings (SSSR count). The van der Waals surface area contributed by atoms with Crippen LogP contribution in [0.1, 0.15) is 18.2 Å². The van der Waals surface area contributed by atoms with Crippen molar-refractivity contribution in [3.05, 3.63) is 95.5 Å². The summed E-state index contributed by atoms with van der Waals surface area (Å²) in [5, 5.41) is 4.62. The highest BCUT2D eigenvalue weighted by atomic mass is 32.1. The number of thiazole rings is 1. The first-order chi connectivity index (χ1) is 16.4. The van der Waals surface area contributed by atoms with Gasteiger partial charge in [0.25, 0.3) is 0 Å². The third-order valence-corrected chi connectivity index (χ3v) is 5.62. The number of carbonyl (C=O) groups excluding carboxylic acids is 2. The Hall–Kier alpha value is -4.18. The van der Waals surface area contributed by atoms with E-state index < -0.39 is 17.5 Å². The average molecular weight is 480 g/mol. The SMILES string of the molecule is CC(=O)N(c1nc(/C=C/C(=O)NCc2ccc(-n3ccnc3)c(F)c2)cs1)c1ccccc1F. The van der Waals surface area contributed by atoms with Crippen LogP contribution in [0.4, 0.5) is 19.6 Å². The summed E-state index contributed by atoms with van der Waals surface area (Å²) in [6.45, 7) is 1.46. The Kier molecular flexibility index (Phi) is 6.88. The largest absolute Gasteiger partial charge is 0.348 e. The number of aromatic nitrogens is 3. The summed E-state index contributed by atoms with van der Waals surface area (Å²) in [5.74, 6) is -1.76. The van der Waals surface area contributed by atoms with Crippen LogP contribution in [0.5, 0.6) is 0 Å². The van der Waals surface area contributed by atoms with Crippen molar-refractivity contribution in [3.8, 4) is 5.69 Å². The molecule has 0 saturated heterocycles. The average Bonchev–Trinajstić information content (AvgIpc) is 3.50. The zero-order valence-electron chi connectivity index (χ0n) is 18.0. The van der Waals surface area contributed by atoms with Crippen LogP contribution in [-0.4, -0.2) is 26.3 Å². The van der Waals surface area contributed by atoms with E-state index in [1.54, 1.807) is 40.5 Å². The van der Waals surface area contributed by atoms with Crippen LogP contribution >= 0.6 is 11.3 Å². The molecule has 172 valence electrons. The van der Waals surface area contributed by atoms with Gasteiger partial charge in [-0.25, -0.2) is 18.7 Å². The molecule has 1 N–H and O–H groups in total. The van der Waals surface area contributed by atoms with E-state index in [-0.39, 0.29) is 23.3 Å². The molecule has 0 aliphatic rings. The number of nitrogens with zero attached hydrogens (tertiary/aromatic N) is 4. The van der Waals surface area contributed by atoms with E-state index in [4.69, 9.17) is 0 Å². The van der Waals surface area contributed by atoms with E-state index in [2.05, 4.69) is 15.3 Å². The van der Waals surface area contributed by atoms with Crippen LogP contribution in [0.25, 0.3) is 11.8 Å². The number of hydrogen-bond donors (Lipinski definition) is 1. The van der Waals surface area contributed by atoms with Gasteiger partial charge in [0.15, 0.2) is 5.13 Å². The van der Waals surface area contributed by atoms with Crippen molar-refractivity contribution < 1.29 is 18.4 Å². The number of amides is 2. The molecular weight excluding hydrogens is 460 g/mol. The maximum absolute atomic E-state index is 14.3. The molecule has 2 amide bonds. The van der Waals surface area contributed by atoms with Gasteiger partial charge in [0.05, 0.1) is 23.4 Å². The number of halogens is 2. The van der Waals surface area contributed by atoms with Crippen molar-refractivity contribution in [2.24, 2.45) is 0 Å². The lowest BCUT2D eigenvalue weighted by molar-refractivity contribution is -0.117. The normalized spacial score (nSPS) is 11.0. The molecule has 7 nitrogen and oxygen atoms in total. The zero-order valence-corrected chi connectivity index (χ0v) is 18.8. The van der Waals surface area contributed by atoms with Crippen molar-refractivity contribution in [1.29, 1.82) is 0 Å². The molecule has 0 unspecified atom stereocenters. The first-order valence-corrected chi connectivity index (χ1v) is 11.0. The van der Waals surface area contributed by atoms with Gasteiger partial charge in [0.2, 0.25) is 11.8 Å². The number of rotatable bonds is 7. The Morgan fingerprint density at radius 3 is 2.71 bits per heavy atom. The maximum atomic E-state index is 14.3. The molecule has 0 atom stereocenters. The Morgan fingerprint density at radius 2 is 2.00 bits per heavy atom. The van der Waals surface area contributed by atoms with Crippen LogP contribution in [0.15, 0.2) is 72.6 Å². The molecule has 2 aromatic carbocycles. The number of hydrogen-bond acceptors (Lipinski definition) is 5. The lowest BCUT2D eigenvalue weighted by atomic mass is 10.2. The van der Waals surface area contributed by atoms with Gasteiger partial charge in [-0.15, -0.1) is 11.3 Å². The first kappa shape index (κ1) is 23.0. The molecule has 0 bridgehead atoms. The van der Waals surface area contributed by atoms with Crippen molar-refractivity contribution in [3.63, 3.8) is 0 Å². The van der Waals surface area contributed by atoms with E-state index >= 15 is 0 Å². The Bertz CT molecular complexity index is 1350. The predicted octanol–water partition coefficient (Wildman–Crippen LogP) is 4.62. The van der Waals surface area contributed by atoms with E-state index in [0.717, 1.165) is 11.3 Å². The number of para-hydroxylation sites is 1. The topological polar surface area (TPSA) is 80.1 Å². The molecule has 34 heavy (non-hydrogen) atoms. The lowest BCUT2D eigenvalue weighted by Gasteiger charge is -2.18. The molecule has 2 aromatic heterocycles. The zero-order chi connectivity index (χ0) is 24.1. The predicted molar refractivity (Wildman–Crippen MR) is 126 cm³/mol. The minimum Gasteiger partial charge on any atom is -0.348 e. The number of imidazole rings is 1. The Labute approximate surface area is 198 Å². The van der Waals surface area contributed by atoms with E-state index in [1.165, 1.54) is 54.6 Å². The molecule has 0 fully saturated rings. The molecule has 4 aromatic rings. The van der Waals surface area contributed by atoms with E-state index in [0.29, 0.717) is 16.9 Å². The second kappa shape index (κ2) is 10.2. The monoisotopic (exact) mass is 479 g/mol. The highest BCUT2D eigenvalue weighted by Gasteiger charge is 2.20. The van der Waals surface area contributed by atoms with Crippen molar-refractivity contribution in [1.82, 2.24) is 19.9 Å². The fraction of sp³-hybridized carbons (Fsp3) is 0.0833. The van der Waals surface area contributed by atoms with Gasteiger partial charge in [0, 0.05) is 37.3 Å². The molecular formula is C24H19F2N5O2S. The van der Waals surface area contributed by atoms with Crippen LogP contribution in [-0.2, 0) is 16.1 Å². The third kappa shape index (κ3) is 5.24. The molecule has 0 saturated carbocycles. The maximum Gasteiger partial charge on any atom is 0.244 e. The van der Waals surface area contributed by atoms with Crippen molar-refractivity contribution in [2.75, 3.05) is 4.90 Å². The second-order valence-electron chi connectivity index (χ2n) is 7.17. The van der Waals surface area contributed by atoms with Crippen LogP contribution in [0.2, 0.25) is 0 Å². The summed E-state index contributed by atoms with van der Waals surface area (Å²) in [6, 6.07) is 10.6. The molecule has 2 heterocycles. The fourth-order valence-corrected chi connectivity index (χ4v) is 4.02. The van der Waals surface area contributed by atoms with Gasteiger partial charge < -0.3 is 9.88 Å². The summed E-state index contributed by atoms with van der Waals surface area (Å²) in [5.41, 5.74) is 1.50. The third-order valence-electron chi connectivity index (χ3n) is 4.78. The Morgan fingerprint density at radius 1 is 1.18 bits per heavy atom. The number of carbonyl (C=O) groups is 2. The van der Waals surface area contributed by atoms with Crippen molar-refractivity contribution in [2.45, 2.75) is 13.5 Å². The van der Waals surface area contributed by atoms with Gasteiger partial charge in [0.1, 0.15) is 11.6 Å². The van der Waals surface area contributed by atoms with Crippen molar-refractivity contribution >= 4 is 40.0 Å². The summed E-state index contributed by atoms with van der Waals surface area (Å²) < 4.78 is 30.1. The van der Waals surface area contributed by atoms with Gasteiger partial charge in [-0.1, -0.05) is 18.2 Å². The molecule has 0 aliphatic carbocycles. The highest BCUT2D eigenvalue weighted by Crippen LogP contribution is 2.31. The molecule has 10 heteroatoms. The summed E-state index contributed by atoms with van der Waals surface area (Å²) in [6.07, 6.45) is 7.47. The summed E-state index contributed by atoms with van der Waals surface area (Å²) in [7, 11) is 0. The van der Waals surface area contributed by atoms with Gasteiger partial charge in [-0.3, -0.25) is 14.5 Å². The van der Waals surface area contributed by atoms with Crippen LogP contribution in [0, 0.1) is 11.6 Å².